The molecule has 0 spiro atoms. The number of amides is 2. The van der Waals surface area contributed by atoms with Crippen LogP contribution in [-0.2, 0) is 51.8 Å². The van der Waals surface area contributed by atoms with Crippen LogP contribution in [0.1, 0.15) is 119 Å². The van der Waals surface area contributed by atoms with Crippen LogP contribution in [0, 0.1) is 17.8 Å². The van der Waals surface area contributed by atoms with Gasteiger partial charge < -0.3 is 29.0 Å². The van der Waals surface area contributed by atoms with E-state index in [9.17, 15) is 40.8 Å². The van der Waals surface area contributed by atoms with Gasteiger partial charge in [-0.15, -0.1) is 23.2 Å². The monoisotopic (exact) mass is 1040 g/mol. The smallest absolute Gasteiger partial charge is 0.467 e. The first-order valence-electron chi connectivity index (χ1n) is 22.8. The van der Waals surface area contributed by atoms with E-state index in [1.54, 1.807) is 0 Å². The predicted octanol–water partition coefficient (Wildman–Crippen LogP) is 9.84. The predicted molar refractivity (Wildman–Crippen MR) is 256 cm³/mol. The Balaban J connectivity index is 0.000000372. The fourth-order valence-electron chi connectivity index (χ4n) is 8.49. The van der Waals surface area contributed by atoms with Gasteiger partial charge in [-0.05, 0) is 98.3 Å². The Morgan fingerprint density at radius 3 is 1.52 bits per heavy atom. The standard InChI is InChI=1S/C22H38ClNO4Si.C20H35NO4Si.C3H4ClF3O3S/c1-15-17(13-14-23)19(25)24-22(15,20(26)27-5)18(16-11-9-8-10-12-16)28-29(6,7)21(2,3)4;1-14-13-16(22)21-20(14,18(23)24-5)17(15-11-9-8-10-12-15)25-26(6,7)19(2,3)4;4-1-2-10-11(8,9)3(5,6)7/h16-18H,1,8-14H2,2-7H3,(H,24,25);13,15,17H,8-12H2,1-7H3,(H,21,22);1-2H2/t17-,18+,22+;17-,20-;/m10./s1. The minimum atomic E-state index is -5.44. The molecule has 2 saturated carbocycles. The van der Waals surface area contributed by atoms with E-state index in [1.165, 1.54) is 33.1 Å². The Bertz CT molecular complexity index is 1850. The van der Waals surface area contributed by atoms with Gasteiger partial charge >= 0.3 is 27.6 Å². The van der Waals surface area contributed by atoms with Crippen LogP contribution < -0.4 is 10.6 Å². The van der Waals surface area contributed by atoms with E-state index >= 15 is 0 Å². The second kappa shape index (κ2) is 23.7. The SMILES string of the molecule is C=C1[C@@H](CCCl)C(=O)N[C@]1(C(=O)OC)[C@@H](O[Si](C)(C)C(C)(C)C)C1CCCCC1.COC(=O)[C@]1([C@@H](O[Si](C)(C)C(C)(C)C)C2CCCCC2)NC(=O)C=C1C.O=S(=O)(OCCCl)C(F)(F)F. The van der Waals surface area contributed by atoms with Gasteiger partial charge in [0.25, 0.3) is 0 Å². The van der Waals surface area contributed by atoms with Crippen LogP contribution in [0.2, 0.25) is 36.3 Å². The summed E-state index contributed by atoms with van der Waals surface area (Å²) in [6.45, 7) is 27.3. The molecular weight excluding hydrogens is 961 g/mol. The van der Waals surface area contributed by atoms with E-state index < -0.39 is 73.9 Å². The van der Waals surface area contributed by atoms with Crippen molar-refractivity contribution >= 4 is 73.7 Å². The Hall–Kier alpha value is -2.01. The van der Waals surface area contributed by atoms with E-state index in [0.29, 0.717) is 23.4 Å². The first kappa shape index (κ1) is 60.1. The van der Waals surface area contributed by atoms with Gasteiger partial charge in [-0.25, -0.2) is 9.59 Å². The molecule has 382 valence electrons. The lowest BCUT2D eigenvalue weighted by Gasteiger charge is -2.48. The lowest BCUT2D eigenvalue weighted by atomic mass is 9.73. The molecule has 66 heavy (non-hydrogen) atoms. The molecule has 2 amide bonds. The summed E-state index contributed by atoms with van der Waals surface area (Å²) in [6, 6.07) is 0. The Morgan fingerprint density at radius 2 is 1.18 bits per heavy atom. The molecule has 4 aliphatic rings. The second-order valence-electron chi connectivity index (χ2n) is 20.8. The molecule has 3 fully saturated rings. The molecule has 4 rings (SSSR count). The molecule has 0 unspecified atom stereocenters. The maximum Gasteiger partial charge on any atom is 0.523 e. The zero-order chi connectivity index (χ0) is 50.9. The molecule has 2 aliphatic heterocycles. The number of carbonyl (C=O) groups is 4. The highest BCUT2D eigenvalue weighted by Gasteiger charge is 2.62. The third kappa shape index (κ3) is 13.9. The number of methoxy groups -OCH3 is 2. The van der Waals surface area contributed by atoms with Crippen molar-refractivity contribution in [1.82, 2.24) is 10.6 Å². The molecule has 13 nitrogen and oxygen atoms in total. The van der Waals surface area contributed by atoms with Crippen molar-refractivity contribution in [2.45, 2.75) is 184 Å². The number of carbonyl (C=O) groups excluding carboxylic acids is 4. The zero-order valence-electron chi connectivity index (χ0n) is 41.4. The highest BCUT2D eigenvalue weighted by Crippen LogP contribution is 2.48. The summed E-state index contributed by atoms with van der Waals surface area (Å²) >= 11 is 10.9. The molecule has 2 heterocycles. The van der Waals surface area contributed by atoms with Crippen LogP contribution in [0.4, 0.5) is 13.2 Å². The van der Waals surface area contributed by atoms with Crippen molar-refractivity contribution < 1.29 is 63.3 Å². The van der Waals surface area contributed by atoms with Gasteiger partial charge in [0.2, 0.25) is 11.8 Å². The number of nitrogens with one attached hydrogen (secondary N) is 2. The fourth-order valence-corrected chi connectivity index (χ4v) is 12.0. The van der Waals surface area contributed by atoms with E-state index in [-0.39, 0.29) is 45.7 Å². The topological polar surface area (TPSA) is 173 Å². The maximum absolute atomic E-state index is 13.3. The molecule has 21 heteroatoms. The van der Waals surface area contributed by atoms with Crippen molar-refractivity contribution in [2.24, 2.45) is 17.8 Å². The molecule has 0 bridgehead atoms. The van der Waals surface area contributed by atoms with Crippen molar-refractivity contribution in [3.05, 3.63) is 23.8 Å². The molecule has 0 radical (unpaired) electrons. The van der Waals surface area contributed by atoms with Gasteiger partial charge in [0.05, 0.1) is 39.0 Å². The summed E-state index contributed by atoms with van der Waals surface area (Å²) in [7, 11) is -7.11. The Kier molecular flexibility index (Phi) is 21.6. The summed E-state index contributed by atoms with van der Waals surface area (Å²) < 4.78 is 81.9. The molecule has 2 aliphatic carbocycles. The average Bonchev–Trinajstić information content (AvgIpc) is 3.67. The summed E-state index contributed by atoms with van der Waals surface area (Å²) in [5, 5.41) is 5.91. The van der Waals surface area contributed by atoms with Gasteiger partial charge in [-0.3, -0.25) is 13.8 Å². The number of halogens is 5. The number of hydrogen-bond donors (Lipinski definition) is 2. The summed E-state index contributed by atoms with van der Waals surface area (Å²) in [4.78, 5) is 51.3. The van der Waals surface area contributed by atoms with Crippen molar-refractivity contribution in [1.29, 1.82) is 0 Å². The van der Waals surface area contributed by atoms with E-state index in [1.807, 2.05) is 6.92 Å². The van der Waals surface area contributed by atoms with Gasteiger partial charge in [0, 0.05) is 17.8 Å². The first-order valence-corrected chi connectivity index (χ1v) is 31.1. The molecule has 1 saturated heterocycles. The molecular formula is C45H77Cl2F3N2O11SSi2. The quantitative estimate of drug-likeness (QED) is 0.0399. The molecule has 5 atom stereocenters. The third-order valence-corrected chi connectivity index (χ3v) is 24.7. The van der Waals surface area contributed by atoms with Crippen LogP contribution in [0.3, 0.4) is 0 Å². The van der Waals surface area contributed by atoms with Gasteiger partial charge in [0.15, 0.2) is 27.7 Å². The highest BCUT2D eigenvalue weighted by atomic mass is 35.5. The van der Waals surface area contributed by atoms with Crippen LogP contribution in [-0.4, -0.2) is 110 Å². The van der Waals surface area contributed by atoms with Crippen LogP contribution in [0.15, 0.2) is 23.8 Å². The Labute approximate surface area is 404 Å². The lowest BCUT2D eigenvalue weighted by Crippen LogP contribution is -2.65. The second-order valence-corrected chi connectivity index (χ2v) is 32.6. The minimum absolute atomic E-state index is 0.0114. The van der Waals surface area contributed by atoms with Crippen molar-refractivity contribution in [3.63, 3.8) is 0 Å². The number of esters is 2. The van der Waals surface area contributed by atoms with Gasteiger partial charge in [-0.2, -0.15) is 21.6 Å². The molecule has 0 aromatic carbocycles. The van der Waals surface area contributed by atoms with Gasteiger partial charge in [0.1, 0.15) is 0 Å². The first-order chi connectivity index (χ1) is 30.2. The number of hydrogen-bond acceptors (Lipinski definition) is 11. The maximum atomic E-state index is 13.3. The molecule has 0 aromatic rings. The van der Waals surface area contributed by atoms with E-state index in [4.69, 9.17) is 41.5 Å². The fraction of sp³-hybridized carbons (Fsp3) is 0.822. The number of alkyl halides is 5. The van der Waals surface area contributed by atoms with Gasteiger partial charge in [-0.1, -0.05) is 86.6 Å². The zero-order valence-corrected chi connectivity index (χ0v) is 45.7. The van der Waals surface area contributed by atoms with Crippen LogP contribution >= 0.6 is 23.2 Å². The van der Waals surface area contributed by atoms with Crippen molar-refractivity contribution in [2.75, 3.05) is 32.6 Å². The number of ether oxygens (including phenoxy) is 2. The summed E-state index contributed by atoms with van der Waals surface area (Å²) in [6.07, 6.45) is 12.0. The Morgan fingerprint density at radius 1 is 0.773 bits per heavy atom. The normalized spacial score (nSPS) is 24.7. The van der Waals surface area contributed by atoms with Crippen LogP contribution in [0.25, 0.3) is 0 Å². The summed E-state index contributed by atoms with van der Waals surface area (Å²) in [5.74, 6) is -1.44. The lowest BCUT2D eigenvalue weighted by molar-refractivity contribution is -0.154. The van der Waals surface area contributed by atoms with E-state index in [0.717, 1.165) is 51.4 Å². The van der Waals surface area contributed by atoms with Crippen molar-refractivity contribution in [3.8, 4) is 0 Å². The minimum Gasteiger partial charge on any atom is -0.467 e. The highest BCUT2D eigenvalue weighted by molar-refractivity contribution is 7.87. The van der Waals surface area contributed by atoms with E-state index in [2.05, 4.69) is 89.1 Å². The molecule has 2 N–H and O–H groups in total. The number of rotatable bonds is 15. The molecule has 0 aromatic heterocycles. The average molecular weight is 1040 g/mol. The van der Waals surface area contributed by atoms with Crippen LogP contribution in [0.5, 0.6) is 0 Å². The third-order valence-electron chi connectivity index (χ3n) is 14.3. The summed E-state index contributed by atoms with van der Waals surface area (Å²) in [5.41, 5.74) is -6.67. The largest absolute Gasteiger partial charge is 0.523 e.